The van der Waals surface area contributed by atoms with Crippen molar-refractivity contribution in [3.8, 4) is 0 Å². The fourth-order valence-electron chi connectivity index (χ4n) is 3.09. The number of nitrogens with one attached hydrogen (secondary N) is 1. The molecular weight excluding hydrogens is 282 g/mol. The van der Waals surface area contributed by atoms with Crippen LogP contribution in [-0.2, 0) is 4.74 Å². The Morgan fingerprint density at radius 2 is 2.14 bits per heavy atom. The molecule has 0 spiro atoms. The highest BCUT2D eigenvalue weighted by Gasteiger charge is 2.20. The van der Waals surface area contributed by atoms with E-state index in [0.29, 0.717) is 12.1 Å². The van der Waals surface area contributed by atoms with E-state index >= 15 is 0 Å². The third kappa shape index (κ3) is 4.70. The Hall–Kier alpha value is -0.570. The smallest absolute Gasteiger partial charge is 0.0576 e. The van der Waals surface area contributed by atoms with Crippen molar-refractivity contribution in [2.75, 3.05) is 13.2 Å². The third-order valence-electron chi connectivity index (χ3n) is 4.36. The standard InChI is InChI=1S/C18H28ClNO/c1-4-9-20-18(8-7-15-6-5-10-21-15)16-11-14(3)17(19)12-13(16)2/h11-12,15,18,20H,4-10H2,1-3H3. The highest BCUT2D eigenvalue weighted by atomic mass is 35.5. The Balaban J connectivity index is 2.08. The van der Waals surface area contributed by atoms with Crippen molar-refractivity contribution >= 4 is 11.6 Å². The van der Waals surface area contributed by atoms with Crippen LogP contribution in [0.25, 0.3) is 0 Å². The second-order valence-corrected chi connectivity index (χ2v) is 6.58. The SMILES string of the molecule is CCCNC(CCC1CCCO1)c1cc(C)c(Cl)cc1C. The van der Waals surface area contributed by atoms with Crippen LogP contribution in [0, 0.1) is 13.8 Å². The molecule has 1 aliphatic heterocycles. The summed E-state index contributed by atoms with van der Waals surface area (Å²) in [5.41, 5.74) is 3.84. The minimum atomic E-state index is 0.408. The summed E-state index contributed by atoms with van der Waals surface area (Å²) in [4.78, 5) is 0. The second kappa shape index (κ2) is 8.17. The molecule has 1 aliphatic rings. The lowest BCUT2D eigenvalue weighted by Crippen LogP contribution is -2.24. The van der Waals surface area contributed by atoms with Gasteiger partial charge in [-0.3, -0.25) is 0 Å². The van der Waals surface area contributed by atoms with Crippen molar-refractivity contribution in [3.05, 3.63) is 33.8 Å². The topological polar surface area (TPSA) is 21.3 Å². The first-order valence-electron chi connectivity index (χ1n) is 8.23. The van der Waals surface area contributed by atoms with E-state index in [4.69, 9.17) is 16.3 Å². The van der Waals surface area contributed by atoms with Gasteiger partial charge in [0.1, 0.15) is 0 Å². The molecule has 2 unspecified atom stereocenters. The third-order valence-corrected chi connectivity index (χ3v) is 4.77. The molecule has 3 heteroatoms. The molecule has 2 nitrogen and oxygen atoms in total. The first kappa shape index (κ1) is 16.8. The molecule has 1 aromatic carbocycles. The number of hydrogen-bond acceptors (Lipinski definition) is 2. The summed E-state index contributed by atoms with van der Waals surface area (Å²) in [6.45, 7) is 8.45. The number of rotatable bonds is 7. The van der Waals surface area contributed by atoms with E-state index in [9.17, 15) is 0 Å². The van der Waals surface area contributed by atoms with Crippen molar-refractivity contribution in [3.63, 3.8) is 0 Å². The van der Waals surface area contributed by atoms with E-state index in [1.165, 1.54) is 24.0 Å². The van der Waals surface area contributed by atoms with Gasteiger partial charge in [0.15, 0.2) is 0 Å². The average molecular weight is 310 g/mol. The largest absolute Gasteiger partial charge is 0.378 e. The maximum atomic E-state index is 6.24. The molecule has 1 saturated heterocycles. The number of halogens is 1. The van der Waals surface area contributed by atoms with Crippen molar-refractivity contribution in [1.29, 1.82) is 0 Å². The van der Waals surface area contributed by atoms with Crippen LogP contribution in [0.15, 0.2) is 12.1 Å². The molecule has 21 heavy (non-hydrogen) atoms. The van der Waals surface area contributed by atoms with E-state index in [0.717, 1.165) is 43.0 Å². The van der Waals surface area contributed by atoms with E-state index in [2.05, 4.69) is 38.2 Å². The molecule has 0 amide bonds. The van der Waals surface area contributed by atoms with Crippen molar-refractivity contribution in [2.24, 2.45) is 0 Å². The average Bonchev–Trinajstić information content (AvgIpc) is 2.97. The van der Waals surface area contributed by atoms with Gasteiger partial charge in [0, 0.05) is 17.7 Å². The Bertz CT molecular complexity index is 455. The lowest BCUT2D eigenvalue weighted by molar-refractivity contribution is 0.0995. The van der Waals surface area contributed by atoms with Gasteiger partial charge in [-0.25, -0.2) is 0 Å². The minimum absolute atomic E-state index is 0.408. The summed E-state index contributed by atoms with van der Waals surface area (Å²) in [6, 6.07) is 4.75. The monoisotopic (exact) mass is 309 g/mol. The Morgan fingerprint density at radius 3 is 2.81 bits per heavy atom. The van der Waals surface area contributed by atoms with Crippen LogP contribution in [-0.4, -0.2) is 19.3 Å². The van der Waals surface area contributed by atoms with Crippen molar-refractivity contribution in [1.82, 2.24) is 5.32 Å². The molecule has 1 N–H and O–H groups in total. The predicted molar refractivity (Wildman–Crippen MR) is 90.2 cm³/mol. The highest BCUT2D eigenvalue weighted by Crippen LogP contribution is 2.29. The van der Waals surface area contributed by atoms with Gasteiger partial charge in [0.25, 0.3) is 0 Å². The summed E-state index contributed by atoms with van der Waals surface area (Å²) in [5, 5.41) is 4.56. The van der Waals surface area contributed by atoms with Gasteiger partial charge < -0.3 is 10.1 Å². The van der Waals surface area contributed by atoms with Gasteiger partial charge in [-0.2, -0.15) is 0 Å². The minimum Gasteiger partial charge on any atom is -0.378 e. The summed E-state index contributed by atoms with van der Waals surface area (Å²) in [5.74, 6) is 0. The van der Waals surface area contributed by atoms with Gasteiger partial charge in [-0.1, -0.05) is 24.6 Å². The van der Waals surface area contributed by atoms with E-state index in [1.807, 2.05) is 0 Å². The molecular formula is C18H28ClNO. The molecule has 1 fully saturated rings. The van der Waals surface area contributed by atoms with Gasteiger partial charge in [0.05, 0.1) is 6.10 Å². The highest BCUT2D eigenvalue weighted by molar-refractivity contribution is 6.31. The maximum Gasteiger partial charge on any atom is 0.0576 e. The molecule has 0 aromatic heterocycles. The van der Waals surface area contributed by atoms with Crippen LogP contribution in [0.2, 0.25) is 5.02 Å². The first-order chi connectivity index (χ1) is 10.1. The summed E-state index contributed by atoms with van der Waals surface area (Å²) >= 11 is 6.24. The second-order valence-electron chi connectivity index (χ2n) is 6.18. The van der Waals surface area contributed by atoms with Gasteiger partial charge in [0.2, 0.25) is 0 Å². The van der Waals surface area contributed by atoms with E-state index < -0.39 is 0 Å². The van der Waals surface area contributed by atoms with Crippen molar-refractivity contribution < 1.29 is 4.74 Å². The van der Waals surface area contributed by atoms with Crippen LogP contribution < -0.4 is 5.32 Å². The summed E-state index contributed by atoms with van der Waals surface area (Å²) in [6.07, 6.45) is 6.33. The van der Waals surface area contributed by atoms with Gasteiger partial charge >= 0.3 is 0 Å². The molecule has 1 aromatic rings. The molecule has 0 radical (unpaired) electrons. The van der Waals surface area contributed by atoms with Gasteiger partial charge in [-0.15, -0.1) is 0 Å². The maximum absolute atomic E-state index is 6.24. The predicted octanol–water partition coefficient (Wildman–Crippen LogP) is 4.96. The fraction of sp³-hybridized carbons (Fsp3) is 0.667. The Kier molecular flexibility index (Phi) is 6.53. The zero-order valence-corrected chi connectivity index (χ0v) is 14.3. The summed E-state index contributed by atoms with van der Waals surface area (Å²) < 4.78 is 5.77. The van der Waals surface area contributed by atoms with Gasteiger partial charge in [-0.05, 0) is 75.3 Å². The Morgan fingerprint density at radius 1 is 1.33 bits per heavy atom. The lowest BCUT2D eigenvalue weighted by Gasteiger charge is -2.23. The van der Waals surface area contributed by atoms with Crippen molar-refractivity contribution in [2.45, 2.75) is 65.0 Å². The Labute approximate surface area is 134 Å². The van der Waals surface area contributed by atoms with E-state index in [1.54, 1.807) is 0 Å². The lowest BCUT2D eigenvalue weighted by atomic mass is 9.94. The van der Waals surface area contributed by atoms with Crippen LogP contribution >= 0.6 is 11.6 Å². The molecule has 118 valence electrons. The molecule has 2 rings (SSSR count). The molecule has 0 saturated carbocycles. The van der Waals surface area contributed by atoms with Crippen LogP contribution in [0.5, 0.6) is 0 Å². The summed E-state index contributed by atoms with van der Waals surface area (Å²) in [7, 11) is 0. The van der Waals surface area contributed by atoms with Crippen LogP contribution in [0.3, 0.4) is 0 Å². The quantitative estimate of drug-likeness (QED) is 0.769. The molecule has 2 atom stereocenters. The number of aryl methyl sites for hydroxylation is 2. The number of hydrogen-bond donors (Lipinski definition) is 1. The molecule has 0 aliphatic carbocycles. The number of ether oxygens (including phenoxy) is 1. The molecule has 1 heterocycles. The van der Waals surface area contributed by atoms with Crippen LogP contribution in [0.1, 0.15) is 61.8 Å². The van der Waals surface area contributed by atoms with Crippen LogP contribution in [0.4, 0.5) is 0 Å². The fourth-order valence-corrected chi connectivity index (χ4v) is 3.31. The first-order valence-corrected chi connectivity index (χ1v) is 8.61. The normalized spacial score (nSPS) is 19.9. The van der Waals surface area contributed by atoms with E-state index in [-0.39, 0.29) is 0 Å². The molecule has 0 bridgehead atoms. The number of benzene rings is 1. The zero-order valence-electron chi connectivity index (χ0n) is 13.5. The zero-order chi connectivity index (χ0) is 15.2.